The fraction of sp³-hybridized carbons (Fsp3) is 0.227. The third-order valence-corrected chi connectivity index (χ3v) is 4.38. The fourth-order valence-corrected chi connectivity index (χ4v) is 2.69. The monoisotopic (exact) mass is 360 g/mol. The molecule has 0 saturated heterocycles. The predicted molar refractivity (Wildman–Crippen MR) is 110 cm³/mol. The Morgan fingerprint density at radius 3 is 2.26 bits per heavy atom. The van der Waals surface area contributed by atoms with Crippen molar-refractivity contribution in [3.8, 4) is 0 Å². The number of aromatic nitrogens is 2. The molecule has 0 fully saturated rings. The fourth-order valence-electron chi connectivity index (χ4n) is 2.69. The number of para-hydroxylation sites is 1. The van der Waals surface area contributed by atoms with Crippen molar-refractivity contribution in [2.45, 2.75) is 26.2 Å². The lowest BCUT2D eigenvalue weighted by atomic mass is 9.87. The van der Waals surface area contributed by atoms with Crippen molar-refractivity contribution < 1.29 is 4.79 Å². The molecule has 0 unspecified atom stereocenters. The molecule has 0 aliphatic rings. The summed E-state index contributed by atoms with van der Waals surface area (Å²) in [5.74, 6) is 0.396. The summed E-state index contributed by atoms with van der Waals surface area (Å²) < 4.78 is 0. The zero-order valence-electron chi connectivity index (χ0n) is 16.1. The Morgan fingerprint density at radius 1 is 0.963 bits per heavy atom. The number of nitrogens with zero attached hydrogens (tertiary/aromatic N) is 3. The zero-order chi connectivity index (χ0) is 19.4. The molecule has 0 atom stereocenters. The molecule has 5 heteroatoms. The number of rotatable bonds is 4. The first-order chi connectivity index (χ1) is 12.8. The maximum atomic E-state index is 12.6. The van der Waals surface area contributed by atoms with Gasteiger partial charge in [0.05, 0.1) is 0 Å². The Kier molecular flexibility index (Phi) is 5.21. The minimum atomic E-state index is -0.261. The smallest absolute Gasteiger partial charge is 0.274 e. The number of carbonyl (C=O) groups is 1. The van der Waals surface area contributed by atoms with Crippen molar-refractivity contribution in [3.63, 3.8) is 0 Å². The topological polar surface area (TPSA) is 58.1 Å². The van der Waals surface area contributed by atoms with E-state index in [1.165, 1.54) is 11.9 Å². The summed E-state index contributed by atoms with van der Waals surface area (Å²) in [6.45, 7) is 6.48. The molecule has 138 valence electrons. The number of benzene rings is 2. The van der Waals surface area contributed by atoms with Gasteiger partial charge < -0.3 is 10.2 Å². The maximum Gasteiger partial charge on any atom is 0.274 e. The van der Waals surface area contributed by atoms with Crippen LogP contribution in [0.4, 0.5) is 17.2 Å². The van der Waals surface area contributed by atoms with Crippen LogP contribution in [-0.4, -0.2) is 22.9 Å². The quantitative estimate of drug-likeness (QED) is 0.726. The van der Waals surface area contributed by atoms with Crippen molar-refractivity contribution in [2.75, 3.05) is 17.3 Å². The van der Waals surface area contributed by atoms with E-state index in [0.29, 0.717) is 11.5 Å². The van der Waals surface area contributed by atoms with Gasteiger partial charge in [-0.1, -0.05) is 51.1 Å². The maximum absolute atomic E-state index is 12.6. The van der Waals surface area contributed by atoms with Gasteiger partial charge in [-0.05, 0) is 35.2 Å². The van der Waals surface area contributed by atoms with Crippen molar-refractivity contribution >= 4 is 23.1 Å². The summed E-state index contributed by atoms with van der Waals surface area (Å²) in [5.41, 5.74) is 3.34. The van der Waals surface area contributed by atoms with Crippen LogP contribution in [0, 0.1) is 0 Å². The van der Waals surface area contributed by atoms with Crippen LogP contribution in [0.5, 0.6) is 0 Å². The standard InChI is InChI=1S/C22H24N4O/c1-22(2,3)16-10-12-17(13-11-16)25-21(27)19-14-20(24-15-23-19)26(4)18-8-6-5-7-9-18/h5-15H,1-4H3,(H,25,27). The van der Waals surface area contributed by atoms with Crippen molar-refractivity contribution in [1.29, 1.82) is 0 Å². The Bertz CT molecular complexity index is 915. The minimum Gasteiger partial charge on any atom is -0.329 e. The minimum absolute atomic E-state index is 0.0755. The highest BCUT2D eigenvalue weighted by Gasteiger charge is 2.15. The molecule has 0 radical (unpaired) electrons. The molecule has 5 nitrogen and oxygen atoms in total. The van der Waals surface area contributed by atoms with E-state index in [4.69, 9.17) is 0 Å². The van der Waals surface area contributed by atoms with Crippen LogP contribution in [-0.2, 0) is 5.41 Å². The van der Waals surface area contributed by atoms with E-state index < -0.39 is 0 Å². The van der Waals surface area contributed by atoms with E-state index in [0.717, 1.165) is 11.4 Å². The van der Waals surface area contributed by atoms with Gasteiger partial charge in [-0.3, -0.25) is 4.79 Å². The molecule has 1 N–H and O–H groups in total. The summed E-state index contributed by atoms with van der Waals surface area (Å²) in [5, 5.41) is 2.90. The molecule has 0 aliphatic carbocycles. The van der Waals surface area contributed by atoms with Crippen LogP contribution in [0.25, 0.3) is 0 Å². The molecule has 3 aromatic rings. The third kappa shape index (κ3) is 4.50. The molecule has 0 saturated carbocycles. The average Bonchev–Trinajstić information content (AvgIpc) is 2.68. The summed E-state index contributed by atoms with van der Waals surface area (Å²) in [6.07, 6.45) is 1.41. The normalized spacial score (nSPS) is 11.1. The molecule has 1 aromatic heterocycles. The zero-order valence-corrected chi connectivity index (χ0v) is 16.1. The van der Waals surface area contributed by atoms with Crippen molar-refractivity contribution in [3.05, 3.63) is 78.2 Å². The highest BCUT2D eigenvalue weighted by atomic mass is 16.1. The number of carbonyl (C=O) groups excluding carboxylic acids is 1. The number of amides is 1. The molecule has 0 spiro atoms. The lowest BCUT2D eigenvalue weighted by Gasteiger charge is -2.19. The van der Waals surface area contributed by atoms with Gasteiger partial charge in [0.15, 0.2) is 0 Å². The molecule has 27 heavy (non-hydrogen) atoms. The molecule has 0 bridgehead atoms. The third-order valence-electron chi connectivity index (χ3n) is 4.38. The SMILES string of the molecule is CN(c1ccccc1)c1cc(C(=O)Nc2ccc(C(C)(C)C)cc2)ncn1. The predicted octanol–water partition coefficient (Wildman–Crippen LogP) is 4.79. The van der Waals surface area contributed by atoms with Crippen LogP contribution >= 0.6 is 0 Å². The number of nitrogens with one attached hydrogen (secondary N) is 1. The van der Waals surface area contributed by atoms with E-state index in [1.807, 2.05) is 66.5 Å². The van der Waals surface area contributed by atoms with Crippen LogP contribution in [0.3, 0.4) is 0 Å². The van der Waals surface area contributed by atoms with E-state index in [-0.39, 0.29) is 11.3 Å². The largest absolute Gasteiger partial charge is 0.329 e. The molecular weight excluding hydrogens is 336 g/mol. The molecule has 1 amide bonds. The van der Waals surface area contributed by atoms with Crippen LogP contribution in [0.1, 0.15) is 36.8 Å². The molecular formula is C22H24N4O. The van der Waals surface area contributed by atoms with E-state index in [1.54, 1.807) is 6.07 Å². The lowest BCUT2D eigenvalue weighted by molar-refractivity contribution is 0.102. The first-order valence-corrected chi connectivity index (χ1v) is 8.87. The van der Waals surface area contributed by atoms with Gasteiger partial charge in [-0.15, -0.1) is 0 Å². The van der Waals surface area contributed by atoms with Crippen molar-refractivity contribution in [1.82, 2.24) is 9.97 Å². The summed E-state index contributed by atoms with van der Waals surface area (Å²) >= 11 is 0. The van der Waals surface area contributed by atoms with Gasteiger partial charge in [0.2, 0.25) is 0 Å². The number of anilines is 3. The second-order valence-corrected chi connectivity index (χ2v) is 7.44. The van der Waals surface area contributed by atoms with Gasteiger partial charge in [-0.25, -0.2) is 9.97 Å². The van der Waals surface area contributed by atoms with Gasteiger partial charge >= 0.3 is 0 Å². The lowest BCUT2D eigenvalue weighted by Crippen LogP contribution is -2.17. The average molecular weight is 360 g/mol. The van der Waals surface area contributed by atoms with E-state index in [2.05, 4.69) is 36.1 Å². The summed E-state index contributed by atoms with van der Waals surface area (Å²) in [6, 6.07) is 19.4. The second kappa shape index (κ2) is 7.58. The summed E-state index contributed by atoms with van der Waals surface area (Å²) in [4.78, 5) is 22.9. The first kappa shape index (κ1) is 18.6. The molecule has 1 heterocycles. The van der Waals surface area contributed by atoms with Crippen LogP contribution in [0.2, 0.25) is 0 Å². The van der Waals surface area contributed by atoms with Gasteiger partial charge in [0.1, 0.15) is 17.8 Å². The molecule has 3 rings (SSSR count). The van der Waals surface area contributed by atoms with Crippen molar-refractivity contribution in [2.24, 2.45) is 0 Å². The van der Waals surface area contributed by atoms with Gasteiger partial charge in [0, 0.05) is 24.5 Å². The summed E-state index contributed by atoms with van der Waals surface area (Å²) in [7, 11) is 1.91. The highest BCUT2D eigenvalue weighted by Crippen LogP contribution is 2.24. The Labute approximate surface area is 160 Å². The van der Waals surface area contributed by atoms with Gasteiger partial charge in [0.25, 0.3) is 5.91 Å². The highest BCUT2D eigenvalue weighted by molar-refractivity contribution is 6.03. The van der Waals surface area contributed by atoms with Crippen LogP contribution < -0.4 is 10.2 Å². The van der Waals surface area contributed by atoms with E-state index >= 15 is 0 Å². The Balaban J connectivity index is 1.76. The number of hydrogen-bond donors (Lipinski definition) is 1. The first-order valence-electron chi connectivity index (χ1n) is 8.87. The van der Waals surface area contributed by atoms with E-state index in [9.17, 15) is 4.79 Å². The molecule has 2 aromatic carbocycles. The number of hydrogen-bond acceptors (Lipinski definition) is 4. The van der Waals surface area contributed by atoms with Crippen LogP contribution in [0.15, 0.2) is 67.0 Å². The second-order valence-electron chi connectivity index (χ2n) is 7.44. The molecule has 0 aliphatic heterocycles. The Hall–Kier alpha value is -3.21. The van der Waals surface area contributed by atoms with Gasteiger partial charge in [-0.2, -0.15) is 0 Å². The Morgan fingerprint density at radius 2 is 1.63 bits per heavy atom.